The van der Waals surface area contributed by atoms with Gasteiger partial charge in [-0.05, 0) is 56.1 Å². The number of nitrogens with one attached hydrogen (secondary N) is 1. The number of pyridine rings is 1. The molecule has 1 aromatic carbocycles. The molecule has 0 bridgehead atoms. The first-order chi connectivity index (χ1) is 13.3. The van der Waals surface area contributed by atoms with E-state index in [0.29, 0.717) is 6.04 Å². The summed E-state index contributed by atoms with van der Waals surface area (Å²) in [6, 6.07) is 19.2. The molecule has 0 aliphatic carbocycles. The SMILES string of the molecule is Cc1ccc(-c2ccccc2CNC2CCCN(Cc3ccccn3)C2)o1. The van der Waals surface area contributed by atoms with E-state index < -0.39 is 0 Å². The molecule has 3 aromatic rings. The van der Waals surface area contributed by atoms with Gasteiger partial charge in [0.05, 0.1) is 5.69 Å². The predicted octanol–water partition coefficient (Wildman–Crippen LogP) is 4.40. The standard InChI is InChI=1S/C23H27N3O/c1-18-11-12-23(27-18)22-10-3-2-7-19(22)15-25-21-9-6-14-26(17-21)16-20-8-4-5-13-24-20/h2-5,7-8,10-13,21,25H,6,9,14-17H2,1H3. The molecule has 3 heterocycles. The summed E-state index contributed by atoms with van der Waals surface area (Å²) < 4.78 is 5.84. The van der Waals surface area contributed by atoms with Crippen molar-refractivity contribution in [2.24, 2.45) is 0 Å². The van der Waals surface area contributed by atoms with Crippen LogP contribution < -0.4 is 5.32 Å². The Balaban J connectivity index is 1.37. The third-order valence-corrected chi connectivity index (χ3v) is 5.22. The minimum absolute atomic E-state index is 0.508. The minimum atomic E-state index is 0.508. The number of likely N-dealkylation sites (tertiary alicyclic amines) is 1. The van der Waals surface area contributed by atoms with Crippen LogP contribution >= 0.6 is 0 Å². The summed E-state index contributed by atoms with van der Waals surface area (Å²) in [4.78, 5) is 6.97. The van der Waals surface area contributed by atoms with E-state index in [4.69, 9.17) is 4.42 Å². The molecule has 4 rings (SSSR count). The quantitative estimate of drug-likeness (QED) is 0.706. The van der Waals surface area contributed by atoms with Crippen molar-refractivity contribution in [1.82, 2.24) is 15.2 Å². The summed E-state index contributed by atoms with van der Waals surface area (Å²) in [7, 11) is 0. The first-order valence-corrected chi connectivity index (χ1v) is 9.78. The Kier molecular flexibility index (Phi) is 5.66. The van der Waals surface area contributed by atoms with Gasteiger partial charge in [0.1, 0.15) is 11.5 Å². The summed E-state index contributed by atoms with van der Waals surface area (Å²) in [6.07, 6.45) is 4.33. The summed E-state index contributed by atoms with van der Waals surface area (Å²) in [5.74, 6) is 1.90. The smallest absolute Gasteiger partial charge is 0.134 e. The van der Waals surface area contributed by atoms with Crippen LogP contribution in [0.15, 0.2) is 65.2 Å². The van der Waals surface area contributed by atoms with E-state index in [0.717, 1.165) is 43.4 Å². The molecule has 27 heavy (non-hydrogen) atoms. The lowest BCUT2D eigenvalue weighted by atomic mass is 10.0. The van der Waals surface area contributed by atoms with Crippen LogP contribution in [0.4, 0.5) is 0 Å². The largest absolute Gasteiger partial charge is 0.461 e. The molecule has 2 aromatic heterocycles. The van der Waals surface area contributed by atoms with Crippen molar-refractivity contribution in [2.45, 2.75) is 38.9 Å². The van der Waals surface area contributed by atoms with E-state index in [2.05, 4.69) is 57.7 Å². The maximum absolute atomic E-state index is 5.84. The lowest BCUT2D eigenvalue weighted by Crippen LogP contribution is -2.45. The molecule has 1 unspecified atom stereocenters. The molecule has 0 saturated carbocycles. The van der Waals surface area contributed by atoms with Crippen LogP contribution in [0, 0.1) is 6.92 Å². The second-order valence-electron chi connectivity index (χ2n) is 7.34. The molecule has 0 amide bonds. The van der Waals surface area contributed by atoms with Crippen LogP contribution in [-0.4, -0.2) is 29.0 Å². The minimum Gasteiger partial charge on any atom is -0.461 e. The highest BCUT2D eigenvalue weighted by molar-refractivity contribution is 5.62. The summed E-state index contributed by atoms with van der Waals surface area (Å²) >= 11 is 0. The molecule has 1 aliphatic heterocycles. The molecule has 140 valence electrons. The molecular weight excluding hydrogens is 334 g/mol. The van der Waals surface area contributed by atoms with E-state index in [9.17, 15) is 0 Å². The Labute approximate surface area is 161 Å². The van der Waals surface area contributed by atoms with E-state index >= 15 is 0 Å². The normalized spacial score (nSPS) is 17.9. The highest BCUT2D eigenvalue weighted by Crippen LogP contribution is 2.26. The molecule has 1 saturated heterocycles. The van der Waals surface area contributed by atoms with Crippen LogP contribution in [-0.2, 0) is 13.1 Å². The number of furan rings is 1. The summed E-state index contributed by atoms with van der Waals surface area (Å²) in [5, 5.41) is 3.77. The molecule has 1 aliphatic rings. The van der Waals surface area contributed by atoms with Crippen LogP contribution in [0.3, 0.4) is 0 Å². The monoisotopic (exact) mass is 361 g/mol. The topological polar surface area (TPSA) is 41.3 Å². The predicted molar refractivity (Wildman–Crippen MR) is 108 cm³/mol. The highest BCUT2D eigenvalue weighted by atomic mass is 16.3. The Morgan fingerprint density at radius 2 is 2.00 bits per heavy atom. The highest BCUT2D eigenvalue weighted by Gasteiger charge is 2.20. The molecule has 4 heteroatoms. The molecule has 0 spiro atoms. The van der Waals surface area contributed by atoms with Crippen molar-refractivity contribution in [3.63, 3.8) is 0 Å². The number of hydrogen-bond acceptors (Lipinski definition) is 4. The van der Waals surface area contributed by atoms with Gasteiger partial charge in [0.25, 0.3) is 0 Å². The van der Waals surface area contributed by atoms with Gasteiger partial charge in [-0.25, -0.2) is 0 Å². The number of hydrogen-bond donors (Lipinski definition) is 1. The van der Waals surface area contributed by atoms with Crippen LogP contribution in [0.25, 0.3) is 11.3 Å². The zero-order valence-electron chi connectivity index (χ0n) is 15.9. The summed E-state index contributed by atoms with van der Waals surface area (Å²) in [6.45, 7) is 6.00. The Bertz CT molecular complexity index is 859. The van der Waals surface area contributed by atoms with Crippen molar-refractivity contribution in [3.05, 3.63) is 77.8 Å². The number of piperidine rings is 1. The van der Waals surface area contributed by atoms with Crippen LogP contribution in [0.1, 0.15) is 29.9 Å². The second-order valence-corrected chi connectivity index (χ2v) is 7.34. The number of nitrogens with zero attached hydrogens (tertiary/aromatic N) is 2. The molecule has 4 nitrogen and oxygen atoms in total. The zero-order valence-corrected chi connectivity index (χ0v) is 15.9. The van der Waals surface area contributed by atoms with Crippen LogP contribution in [0.5, 0.6) is 0 Å². The second kappa shape index (κ2) is 8.51. The fourth-order valence-corrected chi connectivity index (χ4v) is 3.83. The Hall–Kier alpha value is -2.43. The van der Waals surface area contributed by atoms with Gasteiger partial charge in [0.2, 0.25) is 0 Å². The van der Waals surface area contributed by atoms with Gasteiger partial charge in [0.15, 0.2) is 0 Å². The molecular formula is C23H27N3O. The number of benzene rings is 1. The maximum Gasteiger partial charge on any atom is 0.134 e. The first kappa shape index (κ1) is 18.0. The van der Waals surface area contributed by atoms with E-state index in [1.54, 1.807) is 0 Å². The molecule has 1 atom stereocenters. The Morgan fingerprint density at radius 1 is 1.11 bits per heavy atom. The van der Waals surface area contributed by atoms with Crippen molar-refractivity contribution < 1.29 is 4.42 Å². The van der Waals surface area contributed by atoms with Crippen molar-refractivity contribution >= 4 is 0 Å². The van der Waals surface area contributed by atoms with Crippen molar-refractivity contribution in [3.8, 4) is 11.3 Å². The Morgan fingerprint density at radius 3 is 2.81 bits per heavy atom. The van der Waals surface area contributed by atoms with E-state index in [1.165, 1.54) is 24.0 Å². The lowest BCUT2D eigenvalue weighted by Gasteiger charge is -2.33. The number of aromatic nitrogens is 1. The molecule has 1 fully saturated rings. The number of rotatable bonds is 6. The third-order valence-electron chi connectivity index (χ3n) is 5.22. The van der Waals surface area contributed by atoms with Gasteiger partial charge in [-0.1, -0.05) is 30.3 Å². The third kappa shape index (κ3) is 4.65. The van der Waals surface area contributed by atoms with Gasteiger partial charge in [-0.3, -0.25) is 9.88 Å². The lowest BCUT2D eigenvalue weighted by molar-refractivity contribution is 0.181. The molecule has 1 N–H and O–H groups in total. The maximum atomic E-state index is 5.84. The first-order valence-electron chi connectivity index (χ1n) is 9.78. The van der Waals surface area contributed by atoms with E-state index in [-0.39, 0.29) is 0 Å². The average molecular weight is 361 g/mol. The van der Waals surface area contributed by atoms with Gasteiger partial charge < -0.3 is 9.73 Å². The summed E-state index contributed by atoms with van der Waals surface area (Å²) in [5.41, 5.74) is 3.62. The van der Waals surface area contributed by atoms with Crippen molar-refractivity contribution in [1.29, 1.82) is 0 Å². The fourth-order valence-electron chi connectivity index (χ4n) is 3.83. The van der Waals surface area contributed by atoms with Gasteiger partial charge >= 0.3 is 0 Å². The van der Waals surface area contributed by atoms with Gasteiger partial charge in [-0.15, -0.1) is 0 Å². The zero-order chi connectivity index (χ0) is 18.5. The van der Waals surface area contributed by atoms with Crippen molar-refractivity contribution in [2.75, 3.05) is 13.1 Å². The van der Waals surface area contributed by atoms with Gasteiger partial charge in [0, 0.05) is 37.4 Å². The van der Waals surface area contributed by atoms with Crippen LogP contribution in [0.2, 0.25) is 0 Å². The van der Waals surface area contributed by atoms with E-state index in [1.807, 2.05) is 25.3 Å². The number of aryl methyl sites for hydroxylation is 1. The average Bonchev–Trinajstić information content (AvgIpc) is 3.14. The van der Waals surface area contributed by atoms with Gasteiger partial charge in [-0.2, -0.15) is 0 Å². The fraction of sp³-hybridized carbons (Fsp3) is 0.348. The molecule has 0 radical (unpaired) electrons.